The Labute approximate surface area is 92.0 Å². The van der Waals surface area contributed by atoms with Crippen LogP contribution in [0.4, 0.5) is 10.5 Å². The number of benzene rings is 1. The molecule has 1 aromatic carbocycles. The van der Waals surface area contributed by atoms with Gasteiger partial charge < -0.3 is 10.6 Å². The van der Waals surface area contributed by atoms with Crippen LogP contribution in [-0.2, 0) is 4.79 Å². The molecule has 0 saturated heterocycles. The quantitative estimate of drug-likeness (QED) is 0.411. The smallest absolute Gasteiger partial charge is 0.318 e. The molecule has 15 heavy (non-hydrogen) atoms. The monoisotopic (exact) mass is 223 g/mol. The van der Waals surface area contributed by atoms with Gasteiger partial charge in [0.25, 0.3) is 0 Å². The highest BCUT2D eigenvalue weighted by atomic mass is 32.1. The van der Waals surface area contributed by atoms with Crippen LogP contribution in [0.5, 0.6) is 0 Å². The number of rotatable bonds is 3. The van der Waals surface area contributed by atoms with Crippen LogP contribution < -0.4 is 10.6 Å². The lowest BCUT2D eigenvalue weighted by Gasteiger charge is -2.06. The number of hydrogen-bond donors (Lipinski definition) is 3. The van der Waals surface area contributed by atoms with E-state index in [1.165, 1.54) is 6.08 Å². The fourth-order valence-electron chi connectivity index (χ4n) is 0.889. The molecule has 0 aliphatic rings. The minimum Gasteiger partial charge on any atom is -0.318 e. The molecule has 1 rings (SSSR count). The van der Waals surface area contributed by atoms with Crippen molar-refractivity contribution in [3.05, 3.63) is 24.3 Å². The van der Waals surface area contributed by atoms with Gasteiger partial charge in [-0.2, -0.15) is 4.99 Å². The van der Waals surface area contributed by atoms with Gasteiger partial charge in [0.2, 0.25) is 6.08 Å². The van der Waals surface area contributed by atoms with E-state index in [2.05, 4.69) is 28.3 Å². The summed E-state index contributed by atoms with van der Waals surface area (Å²) in [4.78, 5) is 24.8. The first-order valence-electron chi connectivity index (χ1n) is 4.10. The summed E-state index contributed by atoms with van der Waals surface area (Å²) in [6.45, 7) is -0.0932. The maximum atomic E-state index is 11.2. The summed E-state index contributed by atoms with van der Waals surface area (Å²) in [6, 6.07) is 6.60. The number of hydrogen-bond acceptors (Lipinski definition) is 4. The third-order valence-corrected chi connectivity index (χ3v) is 1.93. The SMILES string of the molecule is O=C=NCNC(=O)Nc1ccccc1S. The van der Waals surface area contributed by atoms with E-state index in [4.69, 9.17) is 0 Å². The van der Waals surface area contributed by atoms with E-state index in [-0.39, 0.29) is 6.67 Å². The van der Waals surface area contributed by atoms with Crippen molar-refractivity contribution in [3.63, 3.8) is 0 Å². The molecule has 5 nitrogen and oxygen atoms in total. The van der Waals surface area contributed by atoms with Crippen LogP contribution in [0.1, 0.15) is 0 Å². The van der Waals surface area contributed by atoms with Crippen LogP contribution in [0, 0.1) is 0 Å². The van der Waals surface area contributed by atoms with Crippen LogP contribution >= 0.6 is 12.6 Å². The Kier molecular flexibility index (Phi) is 4.40. The lowest BCUT2D eigenvalue weighted by Crippen LogP contribution is -2.28. The Bertz CT molecular complexity index is 402. The number of para-hydroxylation sites is 1. The van der Waals surface area contributed by atoms with E-state index in [0.717, 1.165) is 0 Å². The van der Waals surface area contributed by atoms with Crippen molar-refractivity contribution in [2.45, 2.75) is 4.90 Å². The third-order valence-electron chi connectivity index (χ3n) is 1.54. The van der Waals surface area contributed by atoms with Crippen LogP contribution in [0.25, 0.3) is 0 Å². The fourth-order valence-corrected chi connectivity index (χ4v) is 1.11. The second-order valence-electron chi connectivity index (χ2n) is 2.56. The van der Waals surface area contributed by atoms with Gasteiger partial charge in [0.05, 0.1) is 5.69 Å². The third kappa shape index (κ3) is 3.84. The molecule has 0 heterocycles. The summed E-state index contributed by atoms with van der Waals surface area (Å²) in [6.07, 6.45) is 1.32. The minimum atomic E-state index is -0.449. The second-order valence-corrected chi connectivity index (χ2v) is 3.04. The van der Waals surface area contributed by atoms with Crippen LogP contribution in [0.2, 0.25) is 0 Å². The van der Waals surface area contributed by atoms with Crippen molar-refractivity contribution in [2.75, 3.05) is 12.0 Å². The summed E-state index contributed by atoms with van der Waals surface area (Å²) in [5.74, 6) is 0. The zero-order chi connectivity index (χ0) is 11.1. The molecule has 2 N–H and O–H groups in total. The highest BCUT2D eigenvalue weighted by Gasteiger charge is 2.02. The normalized spacial score (nSPS) is 8.87. The minimum absolute atomic E-state index is 0.0932. The molecule has 0 aromatic heterocycles. The number of carbonyl (C=O) groups is 1. The maximum Gasteiger partial charge on any atom is 0.320 e. The largest absolute Gasteiger partial charge is 0.320 e. The average Bonchev–Trinajstić information content (AvgIpc) is 2.22. The Morgan fingerprint density at radius 1 is 1.47 bits per heavy atom. The number of nitrogens with zero attached hydrogens (tertiary/aromatic N) is 1. The van der Waals surface area contributed by atoms with Gasteiger partial charge in [-0.1, -0.05) is 12.1 Å². The molecule has 0 bridgehead atoms. The molecule has 0 aliphatic carbocycles. The van der Waals surface area contributed by atoms with Gasteiger partial charge in [-0.25, -0.2) is 9.59 Å². The second kappa shape index (κ2) is 5.85. The summed E-state index contributed by atoms with van der Waals surface area (Å²) >= 11 is 4.15. The number of aliphatic imine (C=N–C) groups is 1. The zero-order valence-corrected chi connectivity index (χ0v) is 8.62. The highest BCUT2D eigenvalue weighted by Crippen LogP contribution is 2.17. The molecular weight excluding hydrogens is 214 g/mol. The van der Waals surface area contributed by atoms with Crippen molar-refractivity contribution in [1.82, 2.24) is 5.32 Å². The first kappa shape index (κ1) is 11.3. The van der Waals surface area contributed by atoms with Crippen molar-refractivity contribution in [1.29, 1.82) is 0 Å². The molecule has 0 atom stereocenters. The van der Waals surface area contributed by atoms with Crippen LogP contribution in [-0.4, -0.2) is 18.8 Å². The fraction of sp³-hybridized carbons (Fsp3) is 0.111. The van der Waals surface area contributed by atoms with Crippen molar-refractivity contribution in [3.8, 4) is 0 Å². The van der Waals surface area contributed by atoms with Gasteiger partial charge in [-0.3, -0.25) is 0 Å². The van der Waals surface area contributed by atoms with E-state index >= 15 is 0 Å². The molecule has 6 heteroatoms. The Morgan fingerprint density at radius 2 is 2.20 bits per heavy atom. The van der Waals surface area contributed by atoms with Gasteiger partial charge in [-0.05, 0) is 12.1 Å². The number of carbonyl (C=O) groups excluding carboxylic acids is 2. The van der Waals surface area contributed by atoms with E-state index < -0.39 is 6.03 Å². The summed E-state index contributed by atoms with van der Waals surface area (Å²) in [7, 11) is 0. The molecule has 0 aliphatic heterocycles. The van der Waals surface area contributed by atoms with Gasteiger partial charge in [0.1, 0.15) is 6.67 Å². The molecule has 2 amide bonds. The molecule has 1 aromatic rings. The lowest BCUT2D eigenvalue weighted by atomic mass is 10.3. The summed E-state index contributed by atoms with van der Waals surface area (Å²) in [5, 5.41) is 4.90. The van der Waals surface area contributed by atoms with Gasteiger partial charge in [0.15, 0.2) is 0 Å². The summed E-state index contributed by atoms with van der Waals surface area (Å²) in [5.41, 5.74) is 0.591. The van der Waals surface area contributed by atoms with Crippen molar-refractivity contribution < 1.29 is 9.59 Å². The van der Waals surface area contributed by atoms with E-state index in [9.17, 15) is 9.59 Å². The van der Waals surface area contributed by atoms with Crippen LogP contribution in [0.3, 0.4) is 0 Å². The Balaban J connectivity index is 2.51. The molecule has 0 spiro atoms. The lowest BCUT2D eigenvalue weighted by molar-refractivity contribution is 0.252. The predicted molar refractivity (Wildman–Crippen MR) is 58.8 cm³/mol. The molecular formula is C9H9N3O2S. The van der Waals surface area contributed by atoms with Gasteiger partial charge in [0, 0.05) is 4.90 Å². The van der Waals surface area contributed by atoms with Crippen molar-refractivity contribution in [2.24, 2.45) is 4.99 Å². The van der Waals surface area contributed by atoms with E-state index in [1.807, 2.05) is 6.07 Å². The van der Waals surface area contributed by atoms with Gasteiger partial charge in [-0.15, -0.1) is 12.6 Å². The number of amides is 2. The molecule has 78 valence electrons. The predicted octanol–water partition coefficient (Wildman–Crippen LogP) is 1.39. The number of nitrogens with one attached hydrogen (secondary N) is 2. The number of isocyanates is 1. The molecule has 0 saturated carbocycles. The zero-order valence-electron chi connectivity index (χ0n) is 7.73. The first-order chi connectivity index (χ1) is 7.24. The molecule has 0 unspecified atom stereocenters. The molecule has 0 fully saturated rings. The summed E-state index contributed by atoms with van der Waals surface area (Å²) < 4.78 is 0. The first-order valence-corrected chi connectivity index (χ1v) is 4.55. The molecule has 0 radical (unpaired) electrons. The number of thiol groups is 1. The van der Waals surface area contributed by atoms with Crippen molar-refractivity contribution >= 4 is 30.4 Å². The van der Waals surface area contributed by atoms with Gasteiger partial charge >= 0.3 is 6.03 Å². The van der Waals surface area contributed by atoms with E-state index in [1.54, 1.807) is 18.2 Å². The average molecular weight is 223 g/mol. The highest BCUT2D eigenvalue weighted by molar-refractivity contribution is 7.80. The Morgan fingerprint density at radius 3 is 2.87 bits per heavy atom. The standard InChI is InChI=1S/C9H9N3O2S/c13-6-10-5-11-9(14)12-7-3-1-2-4-8(7)15/h1-4,15H,5H2,(H2,11,12,14). The van der Waals surface area contributed by atoms with E-state index in [0.29, 0.717) is 10.6 Å². The number of urea groups is 1. The Hall–Kier alpha value is -1.78. The maximum absolute atomic E-state index is 11.2. The topological polar surface area (TPSA) is 70.6 Å². The number of anilines is 1. The van der Waals surface area contributed by atoms with Crippen LogP contribution in [0.15, 0.2) is 34.2 Å².